The highest BCUT2D eigenvalue weighted by Crippen LogP contribution is 2.19. The summed E-state index contributed by atoms with van der Waals surface area (Å²) in [5, 5.41) is 0. The molecule has 4 nitrogen and oxygen atoms in total. The standard InChI is InChI=1S/C16H23NO3/c1-3-9-19-10-11-20-13-14-6-7-16(18-2)15(12-14)5-4-8-17/h6-7,12H,3,8-11,13,17H2,1-2H3. The Morgan fingerprint density at radius 2 is 1.95 bits per heavy atom. The highest BCUT2D eigenvalue weighted by atomic mass is 16.5. The van der Waals surface area contributed by atoms with Crippen LogP contribution >= 0.6 is 0 Å². The van der Waals surface area contributed by atoms with E-state index >= 15 is 0 Å². The van der Waals surface area contributed by atoms with Crippen molar-refractivity contribution in [2.75, 3.05) is 33.5 Å². The minimum Gasteiger partial charge on any atom is -0.495 e. The first-order chi connectivity index (χ1) is 9.81. The molecule has 0 spiro atoms. The van der Waals surface area contributed by atoms with Crippen LogP contribution in [0, 0.1) is 11.8 Å². The van der Waals surface area contributed by atoms with Crippen molar-refractivity contribution in [2.45, 2.75) is 20.0 Å². The van der Waals surface area contributed by atoms with Crippen molar-refractivity contribution in [1.82, 2.24) is 0 Å². The summed E-state index contributed by atoms with van der Waals surface area (Å²) in [6.07, 6.45) is 1.03. The van der Waals surface area contributed by atoms with E-state index in [1.54, 1.807) is 7.11 Å². The van der Waals surface area contributed by atoms with Crippen molar-refractivity contribution in [2.24, 2.45) is 5.73 Å². The molecule has 0 atom stereocenters. The molecule has 0 amide bonds. The summed E-state index contributed by atoms with van der Waals surface area (Å²) < 4.78 is 16.2. The van der Waals surface area contributed by atoms with Crippen LogP contribution in [-0.4, -0.2) is 33.5 Å². The number of ether oxygens (including phenoxy) is 3. The van der Waals surface area contributed by atoms with Crippen LogP contribution in [0.2, 0.25) is 0 Å². The monoisotopic (exact) mass is 277 g/mol. The van der Waals surface area contributed by atoms with E-state index in [9.17, 15) is 0 Å². The average molecular weight is 277 g/mol. The number of hydrogen-bond donors (Lipinski definition) is 1. The maximum Gasteiger partial charge on any atom is 0.134 e. The molecule has 0 heterocycles. The lowest BCUT2D eigenvalue weighted by Crippen LogP contribution is -2.05. The number of methoxy groups -OCH3 is 1. The average Bonchev–Trinajstić information content (AvgIpc) is 2.48. The number of benzene rings is 1. The first kappa shape index (κ1) is 16.5. The minimum absolute atomic E-state index is 0.332. The molecule has 110 valence electrons. The summed E-state index contributed by atoms with van der Waals surface area (Å²) in [6.45, 7) is 4.96. The Morgan fingerprint density at radius 3 is 2.65 bits per heavy atom. The number of hydrogen-bond acceptors (Lipinski definition) is 4. The zero-order valence-electron chi connectivity index (χ0n) is 12.3. The molecule has 0 aliphatic heterocycles. The predicted octanol–water partition coefficient (Wildman–Crippen LogP) is 1.95. The predicted molar refractivity (Wildman–Crippen MR) is 79.7 cm³/mol. The van der Waals surface area contributed by atoms with Crippen LogP contribution in [0.15, 0.2) is 18.2 Å². The highest BCUT2D eigenvalue weighted by molar-refractivity contribution is 5.48. The van der Waals surface area contributed by atoms with E-state index in [1.165, 1.54) is 0 Å². The minimum atomic E-state index is 0.332. The Hall–Kier alpha value is -1.54. The van der Waals surface area contributed by atoms with Gasteiger partial charge in [-0.05, 0) is 24.1 Å². The zero-order chi connectivity index (χ0) is 14.6. The summed E-state index contributed by atoms with van der Waals surface area (Å²) in [5.74, 6) is 6.59. The van der Waals surface area contributed by atoms with Crippen molar-refractivity contribution >= 4 is 0 Å². The SMILES string of the molecule is CCCOCCOCc1ccc(OC)c(C#CCN)c1. The Morgan fingerprint density at radius 1 is 1.15 bits per heavy atom. The molecule has 0 unspecified atom stereocenters. The topological polar surface area (TPSA) is 53.7 Å². The van der Waals surface area contributed by atoms with Gasteiger partial charge in [0.1, 0.15) is 5.75 Å². The van der Waals surface area contributed by atoms with Crippen LogP contribution < -0.4 is 10.5 Å². The summed E-state index contributed by atoms with van der Waals surface area (Å²) >= 11 is 0. The van der Waals surface area contributed by atoms with Crippen molar-refractivity contribution in [1.29, 1.82) is 0 Å². The summed E-state index contributed by atoms with van der Waals surface area (Å²) in [4.78, 5) is 0. The molecule has 2 N–H and O–H groups in total. The van der Waals surface area contributed by atoms with Crippen molar-refractivity contribution in [3.8, 4) is 17.6 Å². The fourth-order valence-corrected chi connectivity index (χ4v) is 1.64. The molecule has 0 radical (unpaired) electrons. The number of rotatable bonds is 8. The largest absolute Gasteiger partial charge is 0.495 e. The number of nitrogens with two attached hydrogens (primary N) is 1. The van der Waals surface area contributed by atoms with E-state index in [4.69, 9.17) is 19.9 Å². The molecule has 0 bridgehead atoms. The molecular formula is C16H23NO3. The lowest BCUT2D eigenvalue weighted by molar-refractivity contribution is 0.0408. The Balaban J connectivity index is 2.50. The van der Waals surface area contributed by atoms with E-state index in [1.807, 2.05) is 18.2 Å². The second kappa shape index (κ2) is 10.3. The van der Waals surface area contributed by atoms with Gasteiger partial charge < -0.3 is 19.9 Å². The molecule has 0 aromatic heterocycles. The van der Waals surface area contributed by atoms with E-state index in [0.717, 1.165) is 29.9 Å². The summed E-state index contributed by atoms with van der Waals surface area (Å²) in [7, 11) is 1.63. The lowest BCUT2D eigenvalue weighted by Gasteiger charge is -2.08. The van der Waals surface area contributed by atoms with Crippen LogP contribution in [0.4, 0.5) is 0 Å². The van der Waals surface area contributed by atoms with Gasteiger partial charge in [-0.2, -0.15) is 0 Å². The van der Waals surface area contributed by atoms with Crippen molar-refractivity contribution in [3.05, 3.63) is 29.3 Å². The third-order valence-electron chi connectivity index (χ3n) is 2.58. The maximum atomic E-state index is 5.56. The van der Waals surface area contributed by atoms with Gasteiger partial charge in [0.2, 0.25) is 0 Å². The van der Waals surface area contributed by atoms with E-state index in [-0.39, 0.29) is 0 Å². The van der Waals surface area contributed by atoms with Crippen LogP contribution in [0.1, 0.15) is 24.5 Å². The third-order valence-corrected chi connectivity index (χ3v) is 2.58. The second-order valence-corrected chi connectivity index (χ2v) is 4.21. The van der Waals surface area contributed by atoms with Crippen LogP contribution in [0.5, 0.6) is 5.75 Å². The second-order valence-electron chi connectivity index (χ2n) is 4.21. The van der Waals surface area contributed by atoms with Gasteiger partial charge >= 0.3 is 0 Å². The van der Waals surface area contributed by atoms with E-state index in [0.29, 0.717) is 26.4 Å². The Bertz CT molecular complexity index is 449. The molecule has 4 heteroatoms. The summed E-state index contributed by atoms with van der Waals surface area (Å²) in [5.41, 5.74) is 7.28. The molecule has 0 aliphatic carbocycles. The molecule has 1 aromatic rings. The molecule has 0 saturated heterocycles. The van der Waals surface area contributed by atoms with Gasteiger partial charge in [-0.25, -0.2) is 0 Å². The van der Waals surface area contributed by atoms with E-state index in [2.05, 4.69) is 18.8 Å². The maximum absolute atomic E-state index is 5.56. The molecule has 1 aromatic carbocycles. The smallest absolute Gasteiger partial charge is 0.134 e. The molecule has 20 heavy (non-hydrogen) atoms. The third kappa shape index (κ3) is 6.07. The van der Waals surface area contributed by atoms with Crippen LogP contribution in [0.25, 0.3) is 0 Å². The van der Waals surface area contributed by atoms with Gasteiger partial charge in [-0.15, -0.1) is 0 Å². The molecular weight excluding hydrogens is 254 g/mol. The van der Waals surface area contributed by atoms with Gasteiger partial charge in [0.15, 0.2) is 0 Å². The Kier molecular flexibility index (Phi) is 8.48. The Labute approximate surface area is 121 Å². The van der Waals surface area contributed by atoms with Gasteiger partial charge in [-0.1, -0.05) is 24.8 Å². The first-order valence-electron chi connectivity index (χ1n) is 6.83. The lowest BCUT2D eigenvalue weighted by atomic mass is 10.1. The van der Waals surface area contributed by atoms with Crippen molar-refractivity contribution < 1.29 is 14.2 Å². The van der Waals surface area contributed by atoms with Crippen molar-refractivity contribution in [3.63, 3.8) is 0 Å². The van der Waals surface area contributed by atoms with Gasteiger partial charge in [0.05, 0.1) is 39.0 Å². The highest BCUT2D eigenvalue weighted by Gasteiger charge is 2.02. The van der Waals surface area contributed by atoms with Gasteiger partial charge in [0.25, 0.3) is 0 Å². The molecule has 0 fully saturated rings. The summed E-state index contributed by atoms with van der Waals surface area (Å²) in [6, 6.07) is 5.83. The normalized spacial score (nSPS) is 9.95. The zero-order valence-corrected chi connectivity index (χ0v) is 12.3. The fraction of sp³-hybridized carbons (Fsp3) is 0.500. The van der Waals surface area contributed by atoms with E-state index < -0.39 is 0 Å². The quantitative estimate of drug-likeness (QED) is 0.583. The van der Waals surface area contributed by atoms with Gasteiger partial charge in [-0.3, -0.25) is 0 Å². The first-order valence-corrected chi connectivity index (χ1v) is 6.83. The fourth-order valence-electron chi connectivity index (χ4n) is 1.64. The molecule has 0 saturated carbocycles. The van der Waals surface area contributed by atoms with Crippen LogP contribution in [-0.2, 0) is 16.1 Å². The molecule has 1 rings (SSSR count). The molecule has 0 aliphatic rings. The van der Waals surface area contributed by atoms with Gasteiger partial charge in [0, 0.05) is 6.61 Å². The van der Waals surface area contributed by atoms with Crippen LogP contribution in [0.3, 0.4) is 0 Å².